The number of nitrogens with zero attached hydrogens (tertiary/aromatic N) is 1. The first kappa shape index (κ1) is 22.3. The molecule has 2 N–H and O–H groups in total. The first-order chi connectivity index (χ1) is 15.5. The third-order valence-electron chi connectivity index (χ3n) is 5.62. The van der Waals surface area contributed by atoms with E-state index in [0.717, 1.165) is 37.3 Å². The number of amides is 1. The van der Waals surface area contributed by atoms with Crippen LogP contribution in [-0.4, -0.2) is 38.9 Å². The van der Waals surface area contributed by atoms with E-state index in [-0.39, 0.29) is 23.4 Å². The third kappa shape index (κ3) is 5.45. The SMILES string of the molecule is O=C(NC[C@H](c1ccco1)N1CCCC1)c1cccc(S(=O)(=O)NCc2ccccc2)c1. The summed E-state index contributed by atoms with van der Waals surface area (Å²) >= 11 is 0. The average molecular weight is 454 g/mol. The molecule has 3 aromatic rings. The van der Waals surface area contributed by atoms with E-state index in [1.165, 1.54) is 12.1 Å². The summed E-state index contributed by atoms with van der Waals surface area (Å²) in [6.45, 7) is 2.49. The van der Waals surface area contributed by atoms with Gasteiger partial charge >= 0.3 is 0 Å². The fraction of sp³-hybridized carbons (Fsp3) is 0.292. The van der Waals surface area contributed by atoms with Crippen molar-refractivity contribution in [2.24, 2.45) is 0 Å². The Labute approximate surface area is 188 Å². The van der Waals surface area contributed by atoms with Crippen LogP contribution in [0.1, 0.15) is 40.6 Å². The zero-order valence-electron chi connectivity index (χ0n) is 17.7. The Morgan fingerprint density at radius 3 is 2.50 bits per heavy atom. The molecule has 0 unspecified atom stereocenters. The highest BCUT2D eigenvalue weighted by molar-refractivity contribution is 7.89. The lowest BCUT2D eigenvalue weighted by molar-refractivity contribution is 0.0933. The Balaban J connectivity index is 1.42. The van der Waals surface area contributed by atoms with E-state index in [1.807, 2.05) is 42.5 Å². The van der Waals surface area contributed by atoms with Crippen LogP contribution >= 0.6 is 0 Å². The quantitative estimate of drug-likeness (QED) is 0.519. The maximum absolute atomic E-state index is 12.8. The number of furan rings is 1. The summed E-state index contributed by atoms with van der Waals surface area (Å²) in [4.78, 5) is 15.2. The van der Waals surface area contributed by atoms with Crippen LogP contribution < -0.4 is 10.0 Å². The van der Waals surface area contributed by atoms with Gasteiger partial charge in [0.05, 0.1) is 17.2 Å². The second-order valence-electron chi connectivity index (χ2n) is 7.82. The van der Waals surface area contributed by atoms with E-state index in [2.05, 4.69) is 14.9 Å². The molecule has 1 aromatic heterocycles. The number of benzene rings is 2. The van der Waals surface area contributed by atoms with Crippen molar-refractivity contribution in [2.45, 2.75) is 30.3 Å². The van der Waals surface area contributed by atoms with Crippen molar-refractivity contribution in [3.05, 3.63) is 89.9 Å². The summed E-state index contributed by atoms with van der Waals surface area (Å²) in [6.07, 6.45) is 3.89. The molecule has 1 aliphatic heterocycles. The predicted molar refractivity (Wildman–Crippen MR) is 121 cm³/mol. The van der Waals surface area contributed by atoms with Crippen LogP contribution in [0.4, 0.5) is 0 Å². The summed E-state index contributed by atoms with van der Waals surface area (Å²) < 4.78 is 33.6. The Morgan fingerprint density at radius 2 is 1.78 bits per heavy atom. The normalized spacial score (nSPS) is 15.5. The van der Waals surface area contributed by atoms with Gasteiger partial charge in [-0.3, -0.25) is 9.69 Å². The lowest BCUT2D eigenvalue weighted by atomic mass is 10.1. The van der Waals surface area contributed by atoms with Gasteiger partial charge in [-0.15, -0.1) is 0 Å². The molecule has 168 valence electrons. The number of likely N-dealkylation sites (tertiary alicyclic amines) is 1. The molecule has 2 aromatic carbocycles. The lowest BCUT2D eigenvalue weighted by Gasteiger charge is -2.26. The summed E-state index contributed by atoms with van der Waals surface area (Å²) in [7, 11) is -3.75. The molecule has 2 heterocycles. The van der Waals surface area contributed by atoms with Crippen molar-refractivity contribution < 1.29 is 17.6 Å². The van der Waals surface area contributed by atoms with E-state index in [0.29, 0.717) is 12.1 Å². The number of sulfonamides is 1. The fourth-order valence-corrected chi connectivity index (χ4v) is 4.96. The number of carbonyl (C=O) groups excluding carboxylic acids is 1. The first-order valence-electron chi connectivity index (χ1n) is 10.7. The number of rotatable bonds is 9. The highest BCUT2D eigenvalue weighted by Gasteiger charge is 2.26. The van der Waals surface area contributed by atoms with E-state index >= 15 is 0 Å². The summed E-state index contributed by atoms with van der Waals surface area (Å²) in [6, 6.07) is 19.1. The van der Waals surface area contributed by atoms with Gasteiger partial charge in [-0.05, 0) is 61.8 Å². The van der Waals surface area contributed by atoms with Gasteiger partial charge in [0, 0.05) is 18.7 Å². The van der Waals surface area contributed by atoms with Crippen molar-refractivity contribution in [3.8, 4) is 0 Å². The minimum Gasteiger partial charge on any atom is -0.468 e. The van der Waals surface area contributed by atoms with Gasteiger partial charge in [0.25, 0.3) is 5.91 Å². The topological polar surface area (TPSA) is 91.7 Å². The fourth-order valence-electron chi connectivity index (χ4n) is 3.90. The predicted octanol–water partition coefficient (Wildman–Crippen LogP) is 3.33. The van der Waals surface area contributed by atoms with Gasteiger partial charge in [0.1, 0.15) is 5.76 Å². The molecule has 1 saturated heterocycles. The minimum absolute atomic E-state index is 0.0455. The zero-order valence-corrected chi connectivity index (χ0v) is 18.6. The molecule has 32 heavy (non-hydrogen) atoms. The monoisotopic (exact) mass is 453 g/mol. The number of hydrogen-bond donors (Lipinski definition) is 2. The number of carbonyl (C=O) groups is 1. The Morgan fingerprint density at radius 1 is 1.00 bits per heavy atom. The van der Waals surface area contributed by atoms with E-state index < -0.39 is 10.0 Å². The van der Waals surface area contributed by atoms with Crippen LogP contribution in [0.25, 0.3) is 0 Å². The second-order valence-corrected chi connectivity index (χ2v) is 9.59. The Hall–Kier alpha value is -2.94. The molecule has 8 heteroatoms. The molecular weight excluding hydrogens is 426 g/mol. The van der Waals surface area contributed by atoms with Gasteiger partial charge in [-0.1, -0.05) is 36.4 Å². The van der Waals surface area contributed by atoms with Crippen LogP contribution in [0.15, 0.2) is 82.3 Å². The second kappa shape index (κ2) is 10.1. The van der Waals surface area contributed by atoms with Crippen molar-refractivity contribution in [1.82, 2.24) is 14.9 Å². The highest BCUT2D eigenvalue weighted by atomic mass is 32.2. The highest BCUT2D eigenvalue weighted by Crippen LogP contribution is 2.25. The van der Waals surface area contributed by atoms with E-state index in [1.54, 1.807) is 18.4 Å². The lowest BCUT2D eigenvalue weighted by Crippen LogP contribution is -2.36. The van der Waals surface area contributed by atoms with E-state index in [9.17, 15) is 13.2 Å². The van der Waals surface area contributed by atoms with Crippen molar-refractivity contribution in [2.75, 3.05) is 19.6 Å². The average Bonchev–Trinajstić information content (AvgIpc) is 3.54. The molecule has 0 bridgehead atoms. The first-order valence-corrected chi connectivity index (χ1v) is 12.2. The Kier molecular flexibility index (Phi) is 7.04. The molecule has 1 fully saturated rings. The third-order valence-corrected chi connectivity index (χ3v) is 7.02. The van der Waals surface area contributed by atoms with Gasteiger partial charge in [0.2, 0.25) is 10.0 Å². The molecule has 1 aliphatic rings. The van der Waals surface area contributed by atoms with Crippen molar-refractivity contribution >= 4 is 15.9 Å². The van der Waals surface area contributed by atoms with Crippen molar-refractivity contribution in [1.29, 1.82) is 0 Å². The summed E-state index contributed by atoms with van der Waals surface area (Å²) in [5.41, 5.74) is 1.16. The van der Waals surface area contributed by atoms with Crippen LogP contribution in [-0.2, 0) is 16.6 Å². The molecule has 1 amide bonds. The van der Waals surface area contributed by atoms with Crippen LogP contribution in [0, 0.1) is 0 Å². The molecule has 1 atom stereocenters. The molecular formula is C24H27N3O4S. The molecule has 7 nitrogen and oxygen atoms in total. The smallest absolute Gasteiger partial charge is 0.251 e. The summed E-state index contributed by atoms with van der Waals surface area (Å²) in [5, 5.41) is 2.94. The van der Waals surface area contributed by atoms with Gasteiger partial charge in [0.15, 0.2) is 0 Å². The summed E-state index contributed by atoms with van der Waals surface area (Å²) in [5.74, 6) is 0.495. The van der Waals surface area contributed by atoms with E-state index in [4.69, 9.17) is 4.42 Å². The minimum atomic E-state index is -3.75. The maximum atomic E-state index is 12.8. The Bertz CT molecular complexity index is 1130. The van der Waals surface area contributed by atoms with Crippen molar-refractivity contribution in [3.63, 3.8) is 0 Å². The molecule has 0 saturated carbocycles. The largest absolute Gasteiger partial charge is 0.468 e. The zero-order chi connectivity index (χ0) is 22.4. The molecule has 0 spiro atoms. The molecule has 0 aliphatic carbocycles. The van der Waals surface area contributed by atoms with Gasteiger partial charge in [-0.2, -0.15) is 0 Å². The van der Waals surface area contributed by atoms with Crippen LogP contribution in [0.5, 0.6) is 0 Å². The van der Waals surface area contributed by atoms with Gasteiger partial charge < -0.3 is 9.73 Å². The molecule has 4 rings (SSSR count). The maximum Gasteiger partial charge on any atom is 0.251 e. The number of hydrogen-bond acceptors (Lipinski definition) is 5. The van der Waals surface area contributed by atoms with Crippen LogP contribution in [0.3, 0.4) is 0 Å². The van der Waals surface area contributed by atoms with Gasteiger partial charge in [-0.25, -0.2) is 13.1 Å². The number of nitrogens with one attached hydrogen (secondary N) is 2. The molecule has 0 radical (unpaired) electrons. The van der Waals surface area contributed by atoms with Crippen LogP contribution in [0.2, 0.25) is 0 Å². The standard InChI is InChI=1S/C24H27N3O4S/c28-24(25-18-22(23-12-7-15-31-23)27-13-4-5-14-27)20-10-6-11-21(16-20)32(29,30)26-17-19-8-2-1-3-9-19/h1-3,6-12,15-16,22,26H,4-5,13-14,17-18H2,(H,25,28)/t22-/m1/s1.